The minimum Gasteiger partial charge on any atom is -0.352 e. The second-order valence-corrected chi connectivity index (χ2v) is 11.4. The van der Waals surface area contributed by atoms with Crippen LogP contribution in [0.3, 0.4) is 0 Å². The maximum Gasteiger partial charge on any atom is 0.251 e. The van der Waals surface area contributed by atoms with E-state index >= 15 is 0 Å². The lowest BCUT2D eigenvalue weighted by Gasteiger charge is -2.27. The molecule has 0 saturated carbocycles. The van der Waals surface area contributed by atoms with Crippen molar-refractivity contribution in [3.63, 3.8) is 0 Å². The minimum atomic E-state index is -3.76. The summed E-state index contributed by atoms with van der Waals surface area (Å²) in [5, 5.41) is 4.87. The standard InChI is InChI=1S/C22H26ClN3O4S2/c23-18-5-4-16(14-20(18)32(29,30)26-10-2-1-3-11-26)22(28)24-9-6-21(27)25-12-7-19-17(15-25)8-13-31-19/h4-5,8,13-14H,1-3,6-7,9-12,15H2,(H,24,28). The van der Waals surface area contributed by atoms with Crippen LogP contribution in [0.4, 0.5) is 0 Å². The third-order valence-corrected chi connectivity index (χ3v) is 9.31. The van der Waals surface area contributed by atoms with Crippen molar-refractivity contribution in [1.29, 1.82) is 0 Å². The average molecular weight is 496 g/mol. The molecule has 0 radical (unpaired) electrons. The highest BCUT2D eigenvalue weighted by molar-refractivity contribution is 7.89. The van der Waals surface area contributed by atoms with E-state index in [1.54, 1.807) is 11.3 Å². The van der Waals surface area contributed by atoms with E-state index in [0.29, 0.717) is 26.2 Å². The van der Waals surface area contributed by atoms with Crippen LogP contribution in [0.2, 0.25) is 5.02 Å². The molecule has 1 aromatic heterocycles. The molecule has 10 heteroatoms. The predicted octanol–water partition coefficient (Wildman–Crippen LogP) is 3.28. The number of benzene rings is 1. The van der Waals surface area contributed by atoms with Gasteiger partial charge in [-0.3, -0.25) is 9.59 Å². The number of carbonyl (C=O) groups excluding carboxylic acids is 2. The van der Waals surface area contributed by atoms with Crippen molar-refractivity contribution in [1.82, 2.24) is 14.5 Å². The van der Waals surface area contributed by atoms with Crippen LogP contribution in [-0.4, -0.2) is 55.6 Å². The molecule has 172 valence electrons. The Morgan fingerprint density at radius 3 is 2.66 bits per heavy atom. The molecular weight excluding hydrogens is 470 g/mol. The summed E-state index contributed by atoms with van der Waals surface area (Å²) in [6.45, 7) is 2.40. The molecule has 2 aromatic rings. The van der Waals surface area contributed by atoms with Crippen LogP contribution in [0, 0.1) is 0 Å². The number of fused-ring (bicyclic) bond motifs is 1. The van der Waals surface area contributed by atoms with Gasteiger partial charge >= 0.3 is 0 Å². The molecule has 4 rings (SSSR count). The number of nitrogens with zero attached hydrogens (tertiary/aromatic N) is 2. The number of piperidine rings is 1. The number of amides is 2. The summed E-state index contributed by atoms with van der Waals surface area (Å²) >= 11 is 7.90. The van der Waals surface area contributed by atoms with Crippen molar-refractivity contribution in [2.24, 2.45) is 0 Å². The molecule has 3 heterocycles. The van der Waals surface area contributed by atoms with Gasteiger partial charge in [-0.05, 0) is 54.5 Å². The van der Waals surface area contributed by atoms with E-state index in [1.807, 2.05) is 10.3 Å². The molecule has 1 N–H and O–H groups in total. The van der Waals surface area contributed by atoms with Gasteiger partial charge in [-0.1, -0.05) is 18.0 Å². The van der Waals surface area contributed by atoms with Gasteiger partial charge in [0.2, 0.25) is 15.9 Å². The average Bonchev–Trinajstić information content (AvgIpc) is 3.27. The first-order valence-corrected chi connectivity index (χ1v) is 13.5. The van der Waals surface area contributed by atoms with Crippen molar-refractivity contribution in [2.75, 3.05) is 26.2 Å². The number of rotatable bonds is 6. The zero-order valence-corrected chi connectivity index (χ0v) is 20.1. The number of hydrogen-bond donors (Lipinski definition) is 1. The van der Waals surface area contributed by atoms with Gasteiger partial charge in [-0.25, -0.2) is 8.42 Å². The molecule has 32 heavy (non-hydrogen) atoms. The fourth-order valence-corrected chi connectivity index (χ4v) is 7.00. The largest absolute Gasteiger partial charge is 0.352 e. The Labute approximate surface area is 197 Å². The summed E-state index contributed by atoms with van der Waals surface area (Å²) in [6, 6.07) is 6.31. The highest BCUT2D eigenvalue weighted by atomic mass is 35.5. The number of carbonyl (C=O) groups is 2. The fraction of sp³-hybridized carbons (Fsp3) is 0.455. The van der Waals surface area contributed by atoms with Gasteiger partial charge in [0, 0.05) is 49.6 Å². The monoisotopic (exact) mass is 495 g/mol. The van der Waals surface area contributed by atoms with E-state index < -0.39 is 15.9 Å². The second kappa shape index (κ2) is 9.91. The van der Waals surface area contributed by atoms with E-state index in [4.69, 9.17) is 11.6 Å². The lowest BCUT2D eigenvalue weighted by molar-refractivity contribution is -0.131. The minimum absolute atomic E-state index is 0.00776. The van der Waals surface area contributed by atoms with E-state index in [1.165, 1.54) is 32.9 Å². The predicted molar refractivity (Wildman–Crippen MR) is 124 cm³/mol. The van der Waals surface area contributed by atoms with E-state index in [9.17, 15) is 18.0 Å². The van der Waals surface area contributed by atoms with Gasteiger partial charge in [-0.2, -0.15) is 4.31 Å². The quantitative estimate of drug-likeness (QED) is 0.666. The van der Waals surface area contributed by atoms with Crippen LogP contribution >= 0.6 is 22.9 Å². The molecule has 2 amide bonds. The van der Waals surface area contributed by atoms with E-state index in [-0.39, 0.29) is 34.4 Å². The topological polar surface area (TPSA) is 86.8 Å². The molecule has 2 aliphatic rings. The van der Waals surface area contributed by atoms with Gasteiger partial charge in [0.15, 0.2) is 0 Å². The first-order chi connectivity index (χ1) is 15.4. The number of sulfonamides is 1. The van der Waals surface area contributed by atoms with Gasteiger partial charge < -0.3 is 10.2 Å². The highest BCUT2D eigenvalue weighted by Gasteiger charge is 2.29. The third kappa shape index (κ3) is 5.01. The Morgan fingerprint density at radius 2 is 1.88 bits per heavy atom. The van der Waals surface area contributed by atoms with Gasteiger partial charge in [0.1, 0.15) is 4.90 Å². The summed E-state index contributed by atoms with van der Waals surface area (Å²) in [6.07, 6.45) is 3.69. The Balaban J connectivity index is 1.35. The fourth-order valence-electron chi connectivity index (χ4n) is 4.09. The molecule has 0 aliphatic carbocycles. The van der Waals surface area contributed by atoms with Crippen LogP contribution < -0.4 is 5.32 Å². The Morgan fingerprint density at radius 1 is 1.09 bits per heavy atom. The van der Waals surface area contributed by atoms with Gasteiger partial charge in [0.25, 0.3) is 5.91 Å². The normalized spacial score (nSPS) is 17.1. The molecule has 0 atom stereocenters. The lowest BCUT2D eigenvalue weighted by atomic mass is 10.1. The van der Waals surface area contributed by atoms with Crippen molar-refractivity contribution in [2.45, 2.75) is 43.5 Å². The Bertz CT molecular complexity index is 1110. The number of hydrogen-bond acceptors (Lipinski definition) is 5. The maximum absolute atomic E-state index is 13.0. The van der Waals surface area contributed by atoms with Crippen molar-refractivity contribution in [3.05, 3.63) is 50.7 Å². The molecule has 2 aliphatic heterocycles. The summed E-state index contributed by atoms with van der Waals surface area (Å²) in [5.74, 6) is -0.435. The molecule has 0 bridgehead atoms. The highest BCUT2D eigenvalue weighted by Crippen LogP contribution is 2.28. The summed E-state index contributed by atoms with van der Waals surface area (Å²) in [5.41, 5.74) is 1.40. The van der Waals surface area contributed by atoms with Crippen LogP contribution in [-0.2, 0) is 27.8 Å². The first-order valence-electron chi connectivity index (χ1n) is 10.8. The van der Waals surface area contributed by atoms with Crippen molar-refractivity contribution < 1.29 is 18.0 Å². The van der Waals surface area contributed by atoms with E-state index in [2.05, 4.69) is 11.4 Å². The van der Waals surface area contributed by atoms with Crippen LogP contribution in [0.25, 0.3) is 0 Å². The Kier molecular flexibility index (Phi) is 7.19. The van der Waals surface area contributed by atoms with Crippen molar-refractivity contribution in [3.8, 4) is 0 Å². The van der Waals surface area contributed by atoms with Gasteiger partial charge in [-0.15, -0.1) is 11.3 Å². The zero-order chi connectivity index (χ0) is 22.7. The lowest BCUT2D eigenvalue weighted by Crippen LogP contribution is -2.37. The Hall–Kier alpha value is -1.94. The molecule has 1 aromatic carbocycles. The second-order valence-electron chi connectivity index (χ2n) is 8.05. The number of thiophene rings is 1. The van der Waals surface area contributed by atoms with E-state index in [0.717, 1.165) is 25.7 Å². The maximum atomic E-state index is 13.0. The number of halogens is 1. The smallest absolute Gasteiger partial charge is 0.251 e. The van der Waals surface area contributed by atoms with Gasteiger partial charge in [0.05, 0.1) is 5.02 Å². The summed E-state index contributed by atoms with van der Waals surface area (Å²) in [4.78, 5) is 28.2. The zero-order valence-electron chi connectivity index (χ0n) is 17.7. The first kappa shape index (κ1) is 23.2. The summed E-state index contributed by atoms with van der Waals surface area (Å²) < 4.78 is 27.4. The molecule has 0 spiro atoms. The van der Waals surface area contributed by atoms with Crippen LogP contribution in [0.1, 0.15) is 46.5 Å². The SMILES string of the molecule is O=C(NCCC(=O)N1CCc2sccc2C1)c1ccc(Cl)c(S(=O)(=O)N2CCCCC2)c1. The third-order valence-electron chi connectivity index (χ3n) is 5.91. The molecule has 1 fully saturated rings. The van der Waals surface area contributed by atoms with Crippen molar-refractivity contribution >= 4 is 44.8 Å². The summed E-state index contributed by atoms with van der Waals surface area (Å²) in [7, 11) is -3.76. The molecule has 7 nitrogen and oxygen atoms in total. The molecule has 1 saturated heterocycles. The molecule has 0 unspecified atom stereocenters. The van der Waals surface area contributed by atoms with Crippen LogP contribution in [0.15, 0.2) is 34.5 Å². The number of nitrogens with one attached hydrogen (secondary N) is 1. The van der Waals surface area contributed by atoms with Crippen LogP contribution in [0.5, 0.6) is 0 Å². The molecular formula is C22H26ClN3O4S2.